The number of nitrogens with zero attached hydrogens (tertiary/aromatic N) is 3. The van der Waals surface area contributed by atoms with Crippen LogP contribution in [0.25, 0.3) is 10.9 Å². The number of Topliss-reactive ketones (excluding diaryl/α,β-unsaturated/α-hetero) is 1. The lowest BCUT2D eigenvalue weighted by atomic mass is 10.0. The minimum Gasteiger partial charge on any atom is -0.360 e. The van der Waals surface area contributed by atoms with E-state index in [2.05, 4.69) is 26.7 Å². The third kappa shape index (κ3) is 3.38. The number of aromatic nitrogens is 4. The van der Waals surface area contributed by atoms with Crippen LogP contribution in [0.5, 0.6) is 0 Å². The van der Waals surface area contributed by atoms with Gasteiger partial charge in [0.1, 0.15) is 11.1 Å². The van der Waals surface area contributed by atoms with E-state index in [0.29, 0.717) is 11.5 Å². The number of hydrogen-bond donors (Lipinski definition) is 1. The largest absolute Gasteiger partial charge is 0.360 e. The third-order valence-electron chi connectivity index (χ3n) is 5.42. The van der Waals surface area contributed by atoms with E-state index in [1.807, 2.05) is 60.8 Å². The van der Waals surface area contributed by atoms with Crippen molar-refractivity contribution in [1.82, 2.24) is 19.7 Å². The highest BCUT2D eigenvalue weighted by molar-refractivity contribution is 8.00. The lowest BCUT2D eigenvalue weighted by Gasteiger charge is -2.16. The quantitative estimate of drug-likeness (QED) is 0.333. The normalized spacial score (nSPS) is 14.9. The molecule has 1 saturated carbocycles. The average Bonchev–Trinajstić information content (AvgIpc) is 3.39. The van der Waals surface area contributed by atoms with Gasteiger partial charge in [-0.2, -0.15) is 0 Å². The van der Waals surface area contributed by atoms with Gasteiger partial charge < -0.3 is 9.55 Å². The zero-order valence-corrected chi connectivity index (χ0v) is 17.0. The Kier molecular flexibility index (Phi) is 4.72. The van der Waals surface area contributed by atoms with Gasteiger partial charge in [-0.25, -0.2) is 0 Å². The van der Waals surface area contributed by atoms with E-state index in [9.17, 15) is 4.79 Å². The second-order valence-corrected chi connectivity index (χ2v) is 8.45. The van der Waals surface area contributed by atoms with E-state index in [0.717, 1.165) is 34.0 Å². The molecule has 0 bridgehead atoms. The second-order valence-electron chi connectivity index (χ2n) is 7.38. The van der Waals surface area contributed by atoms with Gasteiger partial charge in [0.15, 0.2) is 10.9 Å². The van der Waals surface area contributed by atoms with Gasteiger partial charge in [0.2, 0.25) is 0 Å². The van der Waals surface area contributed by atoms with Crippen LogP contribution in [0.15, 0.2) is 66.0 Å². The standard InChI is InChI=1S/C23H22N4OS/c1-2-27-22(16-12-13-16)25-26-23(27)29-21(15-8-4-3-5-9-15)20(28)18-14-24-19-11-7-6-10-17(18)19/h3-11,14,16,21,24H,2,12-13H2,1H3. The van der Waals surface area contributed by atoms with Crippen molar-refractivity contribution in [2.75, 3.05) is 0 Å². The molecule has 29 heavy (non-hydrogen) atoms. The Morgan fingerprint density at radius 2 is 1.90 bits per heavy atom. The van der Waals surface area contributed by atoms with E-state index in [1.54, 1.807) is 0 Å². The van der Waals surface area contributed by atoms with E-state index in [1.165, 1.54) is 24.6 Å². The maximum atomic E-state index is 13.7. The van der Waals surface area contributed by atoms with Crippen molar-refractivity contribution in [2.24, 2.45) is 0 Å². The summed E-state index contributed by atoms with van der Waals surface area (Å²) < 4.78 is 2.17. The van der Waals surface area contributed by atoms with E-state index in [-0.39, 0.29) is 11.0 Å². The summed E-state index contributed by atoms with van der Waals surface area (Å²) in [5.74, 6) is 1.66. The Morgan fingerprint density at radius 1 is 1.14 bits per heavy atom. The molecular formula is C23H22N4OS. The van der Waals surface area contributed by atoms with Crippen LogP contribution in [0.2, 0.25) is 0 Å². The van der Waals surface area contributed by atoms with Gasteiger partial charge in [-0.3, -0.25) is 4.79 Å². The van der Waals surface area contributed by atoms with Crippen LogP contribution in [-0.4, -0.2) is 25.5 Å². The number of aromatic amines is 1. The molecule has 1 N–H and O–H groups in total. The van der Waals surface area contributed by atoms with Crippen LogP contribution in [0.4, 0.5) is 0 Å². The maximum absolute atomic E-state index is 13.7. The molecule has 0 saturated heterocycles. The lowest BCUT2D eigenvalue weighted by molar-refractivity contribution is 0.0991. The van der Waals surface area contributed by atoms with Crippen molar-refractivity contribution >= 4 is 28.4 Å². The summed E-state index contributed by atoms with van der Waals surface area (Å²) in [5, 5.41) is 10.3. The summed E-state index contributed by atoms with van der Waals surface area (Å²) in [7, 11) is 0. The fourth-order valence-electron chi connectivity index (χ4n) is 3.75. The molecule has 1 fully saturated rings. The van der Waals surface area contributed by atoms with Crippen molar-refractivity contribution in [1.29, 1.82) is 0 Å². The highest BCUT2D eigenvalue weighted by Gasteiger charge is 2.32. The highest BCUT2D eigenvalue weighted by Crippen LogP contribution is 2.43. The summed E-state index contributed by atoms with van der Waals surface area (Å²) in [4.78, 5) is 16.9. The van der Waals surface area contributed by atoms with Crippen LogP contribution < -0.4 is 0 Å². The maximum Gasteiger partial charge on any atom is 0.192 e. The molecular weight excluding hydrogens is 380 g/mol. The van der Waals surface area contributed by atoms with Gasteiger partial charge in [0.25, 0.3) is 0 Å². The van der Waals surface area contributed by atoms with Crippen molar-refractivity contribution in [3.63, 3.8) is 0 Å². The molecule has 2 aromatic heterocycles. The molecule has 1 unspecified atom stereocenters. The first-order valence-corrected chi connectivity index (χ1v) is 10.9. The fourth-order valence-corrected chi connectivity index (χ4v) is 4.93. The van der Waals surface area contributed by atoms with Crippen molar-refractivity contribution in [3.05, 3.63) is 77.7 Å². The monoisotopic (exact) mass is 402 g/mol. The molecule has 1 atom stereocenters. The predicted octanol–water partition coefficient (Wildman–Crippen LogP) is 5.37. The van der Waals surface area contributed by atoms with Crippen molar-refractivity contribution in [2.45, 2.75) is 42.6 Å². The number of rotatable bonds is 7. The lowest BCUT2D eigenvalue weighted by Crippen LogP contribution is -2.11. The number of thioether (sulfide) groups is 1. The first-order chi connectivity index (χ1) is 14.3. The zero-order chi connectivity index (χ0) is 19.8. The number of benzene rings is 2. The van der Waals surface area contributed by atoms with Crippen LogP contribution >= 0.6 is 11.8 Å². The van der Waals surface area contributed by atoms with Crippen LogP contribution in [0.3, 0.4) is 0 Å². The Morgan fingerprint density at radius 3 is 2.66 bits per heavy atom. The molecule has 4 aromatic rings. The summed E-state index contributed by atoms with van der Waals surface area (Å²) >= 11 is 1.50. The molecule has 0 amide bonds. The molecule has 1 aliphatic rings. The van der Waals surface area contributed by atoms with Gasteiger partial charge in [0.05, 0.1) is 0 Å². The van der Waals surface area contributed by atoms with Gasteiger partial charge in [-0.1, -0.05) is 60.3 Å². The van der Waals surface area contributed by atoms with Crippen molar-refractivity contribution in [3.8, 4) is 0 Å². The molecule has 146 valence electrons. The van der Waals surface area contributed by atoms with Gasteiger partial charge in [-0.15, -0.1) is 10.2 Å². The molecule has 5 rings (SSSR count). The van der Waals surface area contributed by atoms with E-state index < -0.39 is 0 Å². The number of carbonyl (C=O) groups excluding carboxylic acids is 1. The second kappa shape index (κ2) is 7.52. The zero-order valence-electron chi connectivity index (χ0n) is 16.2. The molecule has 5 nitrogen and oxygen atoms in total. The van der Waals surface area contributed by atoms with Crippen molar-refractivity contribution < 1.29 is 4.79 Å². The Labute approximate surface area is 173 Å². The van der Waals surface area contributed by atoms with Crippen LogP contribution in [0, 0.1) is 0 Å². The predicted molar refractivity (Wildman–Crippen MR) is 115 cm³/mol. The minimum atomic E-state index is -0.378. The van der Waals surface area contributed by atoms with Crippen LogP contribution in [0.1, 0.15) is 52.7 Å². The topological polar surface area (TPSA) is 63.6 Å². The SMILES string of the molecule is CCn1c(SC(C(=O)c2c[nH]c3ccccc23)c2ccccc2)nnc1C1CC1. The molecule has 0 aliphatic heterocycles. The number of carbonyl (C=O) groups is 1. The first-order valence-electron chi connectivity index (χ1n) is 10.0. The Balaban J connectivity index is 1.55. The number of nitrogens with one attached hydrogen (secondary N) is 1. The number of para-hydroxylation sites is 1. The Bertz CT molecular complexity index is 1160. The summed E-state index contributed by atoms with van der Waals surface area (Å²) in [5.41, 5.74) is 2.67. The molecule has 0 radical (unpaired) electrons. The summed E-state index contributed by atoms with van der Waals surface area (Å²) in [6.45, 7) is 2.92. The summed E-state index contributed by atoms with van der Waals surface area (Å²) in [6, 6.07) is 17.9. The molecule has 1 aliphatic carbocycles. The molecule has 2 aromatic carbocycles. The molecule has 0 spiro atoms. The molecule has 6 heteroatoms. The van der Waals surface area contributed by atoms with E-state index in [4.69, 9.17) is 0 Å². The minimum absolute atomic E-state index is 0.0808. The highest BCUT2D eigenvalue weighted by atomic mass is 32.2. The smallest absolute Gasteiger partial charge is 0.192 e. The third-order valence-corrected chi connectivity index (χ3v) is 6.66. The fraction of sp³-hybridized carbons (Fsp3) is 0.261. The average molecular weight is 403 g/mol. The van der Waals surface area contributed by atoms with Gasteiger partial charge in [0, 0.05) is 35.1 Å². The van der Waals surface area contributed by atoms with Gasteiger partial charge >= 0.3 is 0 Å². The number of hydrogen-bond acceptors (Lipinski definition) is 4. The number of ketones is 1. The first kappa shape index (κ1) is 18.2. The summed E-state index contributed by atoms with van der Waals surface area (Å²) in [6.07, 6.45) is 4.18. The van der Waals surface area contributed by atoms with Crippen LogP contribution in [-0.2, 0) is 6.54 Å². The Hall–Kier alpha value is -2.86. The number of H-pyrrole nitrogens is 1. The van der Waals surface area contributed by atoms with E-state index >= 15 is 0 Å². The molecule has 2 heterocycles. The number of fused-ring (bicyclic) bond motifs is 1. The van der Waals surface area contributed by atoms with Gasteiger partial charge in [-0.05, 0) is 31.4 Å².